The fourth-order valence-electron chi connectivity index (χ4n) is 1.43. The molecule has 0 aliphatic rings. The van der Waals surface area contributed by atoms with Crippen LogP contribution in [0.2, 0.25) is 0 Å². The second-order valence-corrected chi connectivity index (χ2v) is 3.86. The first-order valence-electron chi connectivity index (χ1n) is 5.25. The summed E-state index contributed by atoms with van der Waals surface area (Å²) in [6, 6.07) is 5.16. The largest absolute Gasteiger partial charge is 0.411 e. The highest BCUT2D eigenvalue weighted by Crippen LogP contribution is 2.14. The van der Waals surface area contributed by atoms with Crippen LogP contribution in [0.1, 0.15) is 37.5 Å². The molecule has 0 fully saturated rings. The topological polar surface area (TPSA) is 97.8 Å². The van der Waals surface area contributed by atoms with Crippen molar-refractivity contribution < 1.29 is 15.6 Å². The van der Waals surface area contributed by atoms with Crippen molar-refractivity contribution in [2.24, 2.45) is 15.5 Å². The van der Waals surface area contributed by atoms with Gasteiger partial charge in [0.15, 0.2) is 0 Å². The fourth-order valence-corrected chi connectivity index (χ4v) is 1.43. The van der Waals surface area contributed by atoms with Crippen LogP contribution in [-0.4, -0.2) is 32.8 Å². The van der Waals surface area contributed by atoms with Gasteiger partial charge < -0.3 is 15.6 Å². The van der Waals surface area contributed by atoms with Crippen LogP contribution in [0.5, 0.6) is 0 Å². The average Bonchev–Trinajstić information content (AvgIpc) is 2.43. The molecule has 96 valence electrons. The van der Waals surface area contributed by atoms with Crippen LogP contribution < -0.4 is 0 Å². The van der Waals surface area contributed by atoms with Gasteiger partial charge in [-0.05, 0) is 39.0 Å². The average molecular weight is 249 g/mol. The zero-order chi connectivity index (χ0) is 13.7. The molecule has 0 unspecified atom stereocenters. The minimum Gasteiger partial charge on any atom is -0.411 e. The summed E-state index contributed by atoms with van der Waals surface area (Å²) in [6.45, 7) is 4.92. The Labute approximate surface area is 105 Å². The zero-order valence-electron chi connectivity index (χ0n) is 10.4. The Morgan fingerprint density at radius 3 is 1.06 bits per heavy atom. The summed E-state index contributed by atoms with van der Waals surface area (Å²) in [5.74, 6) is 0. The van der Waals surface area contributed by atoms with E-state index < -0.39 is 0 Å². The van der Waals surface area contributed by atoms with Gasteiger partial charge in [0.05, 0.1) is 17.1 Å². The summed E-state index contributed by atoms with van der Waals surface area (Å²) in [7, 11) is 0. The van der Waals surface area contributed by atoms with Crippen molar-refractivity contribution >= 4 is 17.1 Å². The lowest BCUT2D eigenvalue weighted by molar-refractivity contribution is 0.319. The first-order valence-corrected chi connectivity index (χ1v) is 5.25. The van der Waals surface area contributed by atoms with Gasteiger partial charge in [-0.1, -0.05) is 15.5 Å². The van der Waals surface area contributed by atoms with Gasteiger partial charge in [-0.15, -0.1) is 0 Å². The van der Waals surface area contributed by atoms with E-state index in [0.717, 1.165) is 0 Å². The molecule has 1 aromatic rings. The molecular weight excluding hydrogens is 234 g/mol. The number of benzene rings is 1. The van der Waals surface area contributed by atoms with Crippen molar-refractivity contribution in [1.29, 1.82) is 0 Å². The molecule has 1 rings (SSSR count). The molecule has 0 aliphatic carbocycles. The number of hydrogen-bond acceptors (Lipinski definition) is 6. The second kappa shape index (κ2) is 5.81. The van der Waals surface area contributed by atoms with E-state index >= 15 is 0 Å². The van der Waals surface area contributed by atoms with Crippen LogP contribution in [0.3, 0.4) is 0 Å². The predicted octanol–water partition coefficient (Wildman–Crippen LogP) is 2.28. The third-order valence-electron chi connectivity index (χ3n) is 2.64. The van der Waals surface area contributed by atoms with Crippen LogP contribution in [0, 0.1) is 0 Å². The Morgan fingerprint density at radius 2 is 0.889 bits per heavy atom. The Balaban J connectivity index is 3.48. The van der Waals surface area contributed by atoms with Crippen molar-refractivity contribution in [3.8, 4) is 0 Å². The molecule has 3 N–H and O–H groups in total. The predicted molar refractivity (Wildman–Crippen MR) is 68.4 cm³/mol. The molecule has 0 aromatic heterocycles. The first kappa shape index (κ1) is 13.7. The molecule has 0 heterocycles. The summed E-state index contributed by atoms with van der Waals surface area (Å²) in [5.41, 5.74) is 3.18. The van der Waals surface area contributed by atoms with Crippen molar-refractivity contribution in [2.45, 2.75) is 20.8 Å². The van der Waals surface area contributed by atoms with Gasteiger partial charge in [-0.2, -0.15) is 0 Å². The van der Waals surface area contributed by atoms with Gasteiger partial charge in [-0.25, -0.2) is 0 Å². The van der Waals surface area contributed by atoms with Crippen molar-refractivity contribution in [2.75, 3.05) is 0 Å². The lowest BCUT2D eigenvalue weighted by atomic mass is 9.98. The quantitative estimate of drug-likeness (QED) is 0.435. The van der Waals surface area contributed by atoms with Crippen LogP contribution in [-0.2, 0) is 0 Å². The van der Waals surface area contributed by atoms with Gasteiger partial charge in [0, 0.05) is 16.7 Å². The summed E-state index contributed by atoms with van der Waals surface area (Å²) in [4.78, 5) is 0. The second-order valence-electron chi connectivity index (χ2n) is 3.86. The molecule has 6 heteroatoms. The Bertz CT molecular complexity index is 445. The van der Waals surface area contributed by atoms with Crippen molar-refractivity contribution in [1.82, 2.24) is 0 Å². The normalized spacial score (nSPS) is 13.8. The standard InChI is InChI=1S/C12H15N3O3/c1-7(13-16)10-4-11(8(2)14-17)6-12(5-10)9(3)15-18/h4-6,16-18H,1-3H3. The van der Waals surface area contributed by atoms with Crippen LogP contribution in [0.15, 0.2) is 33.7 Å². The minimum atomic E-state index is 0.412. The lowest BCUT2D eigenvalue weighted by Crippen LogP contribution is -2.05. The molecule has 0 spiro atoms. The molecule has 1 aromatic carbocycles. The van der Waals surface area contributed by atoms with Crippen LogP contribution in [0.4, 0.5) is 0 Å². The maximum atomic E-state index is 8.79. The van der Waals surface area contributed by atoms with E-state index in [2.05, 4.69) is 15.5 Å². The van der Waals surface area contributed by atoms with E-state index in [9.17, 15) is 0 Å². The first-order chi connectivity index (χ1) is 8.53. The molecular formula is C12H15N3O3. The molecule has 18 heavy (non-hydrogen) atoms. The highest BCUT2D eigenvalue weighted by atomic mass is 16.4. The zero-order valence-corrected chi connectivity index (χ0v) is 10.4. The maximum absolute atomic E-state index is 8.79. The molecule has 0 amide bonds. The summed E-state index contributed by atoms with van der Waals surface area (Å²) >= 11 is 0. The van der Waals surface area contributed by atoms with Gasteiger partial charge in [-0.3, -0.25) is 0 Å². The molecule has 0 atom stereocenters. The summed E-state index contributed by atoms with van der Waals surface area (Å²) in [5, 5.41) is 35.7. The van der Waals surface area contributed by atoms with E-state index in [4.69, 9.17) is 15.6 Å². The minimum absolute atomic E-state index is 0.412. The molecule has 0 saturated heterocycles. The maximum Gasteiger partial charge on any atom is 0.0837 e. The Kier molecular flexibility index (Phi) is 4.42. The summed E-state index contributed by atoms with van der Waals surface area (Å²) < 4.78 is 0. The van der Waals surface area contributed by atoms with Gasteiger partial charge in [0.2, 0.25) is 0 Å². The van der Waals surface area contributed by atoms with E-state index in [1.165, 1.54) is 0 Å². The van der Waals surface area contributed by atoms with Crippen LogP contribution in [0.25, 0.3) is 0 Å². The van der Waals surface area contributed by atoms with Gasteiger partial charge in [0.25, 0.3) is 0 Å². The van der Waals surface area contributed by atoms with E-state index in [-0.39, 0.29) is 0 Å². The highest BCUT2D eigenvalue weighted by Gasteiger charge is 2.08. The van der Waals surface area contributed by atoms with E-state index in [0.29, 0.717) is 33.8 Å². The fraction of sp³-hybridized carbons (Fsp3) is 0.250. The highest BCUT2D eigenvalue weighted by molar-refractivity contribution is 6.08. The SMILES string of the molecule is CC(=NO)c1cc(C(C)=NO)cc(C(C)=NO)c1. The monoisotopic (exact) mass is 249 g/mol. The number of rotatable bonds is 3. The molecule has 0 radical (unpaired) electrons. The Hall–Kier alpha value is -2.37. The van der Waals surface area contributed by atoms with Crippen molar-refractivity contribution in [3.05, 3.63) is 34.9 Å². The van der Waals surface area contributed by atoms with Gasteiger partial charge >= 0.3 is 0 Å². The van der Waals surface area contributed by atoms with Crippen LogP contribution >= 0.6 is 0 Å². The number of oxime groups is 3. The third-order valence-corrected chi connectivity index (χ3v) is 2.64. The Morgan fingerprint density at radius 1 is 0.667 bits per heavy atom. The van der Waals surface area contributed by atoms with Crippen molar-refractivity contribution in [3.63, 3.8) is 0 Å². The van der Waals surface area contributed by atoms with Gasteiger partial charge in [0.1, 0.15) is 0 Å². The third kappa shape index (κ3) is 2.85. The van der Waals surface area contributed by atoms with E-state index in [1.54, 1.807) is 39.0 Å². The summed E-state index contributed by atoms with van der Waals surface area (Å²) in [6.07, 6.45) is 0. The number of hydrogen-bond donors (Lipinski definition) is 3. The lowest BCUT2D eigenvalue weighted by Gasteiger charge is -2.07. The molecule has 0 aliphatic heterocycles. The molecule has 0 saturated carbocycles. The number of nitrogens with zero attached hydrogens (tertiary/aromatic N) is 3. The smallest absolute Gasteiger partial charge is 0.0837 e. The van der Waals surface area contributed by atoms with E-state index in [1.807, 2.05) is 0 Å². The molecule has 6 nitrogen and oxygen atoms in total. The molecule has 0 bridgehead atoms.